The van der Waals surface area contributed by atoms with Gasteiger partial charge in [0.2, 0.25) is 5.91 Å². The highest BCUT2D eigenvalue weighted by molar-refractivity contribution is 5.85. The number of nitrogens with one attached hydrogen (secondary N) is 1. The molecule has 0 spiro atoms. The van der Waals surface area contributed by atoms with Crippen LogP contribution in [0.3, 0.4) is 0 Å². The van der Waals surface area contributed by atoms with E-state index in [2.05, 4.69) is 10.1 Å². The van der Waals surface area contributed by atoms with Gasteiger partial charge >= 0.3 is 5.97 Å². The van der Waals surface area contributed by atoms with Gasteiger partial charge < -0.3 is 15.2 Å². The minimum Gasteiger partial charge on any atom is -0.467 e. The Morgan fingerprint density at radius 2 is 2.26 bits per heavy atom. The van der Waals surface area contributed by atoms with Gasteiger partial charge in [-0.05, 0) is 17.7 Å². The van der Waals surface area contributed by atoms with Crippen LogP contribution >= 0.6 is 0 Å². The van der Waals surface area contributed by atoms with E-state index in [4.69, 9.17) is 10.4 Å². The summed E-state index contributed by atoms with van der Waals surface area (Å²) in [6, 6.07) is 7.80. The van der Waals surface area contributed by atoms with Crippen molar-refractivity contribution in [3.05, 3.63) is 35.4 Å². The smallest absolute Gasteiger partial charge is 0.328 e. The van der Waals surface area contributed by atoms with Gasteiger partial charge in [-0.2, -0.15) is 5.26 Å². The van der Waals surface area contributed by atoms with Gasteiger partial charge in [0, 0.05) is 6.42 Å². The second kappa shape index (κ2) is 7.13. The van der Waals surface area contributed by atoms with Crippen LogP contribution in [0.5, 0.6) is 0 Å². The van der Waals surface area contributed by atoms with Gasteiger partial charge in [0.1, 0.15) is 12.6 Å². The molecule has 2 N–H and O–H groups in total. The SMILES string of the molecule is COC(=O)[C@H](Cc1cccc(C#N)c1)NC(=O)CO. The fourth-order valence-corrected chi connectivity index (χ4v) is 1.58. The number of ether oxygens (including phenoxy) is 1. The van der Waals surface area contributed by atoms with E-state index < -0.39 is 24.5 Å². The molecule has 0 aliphatic carbocycles. The maximum atomic E-state index is 11.5. The molecule has 1 aromatic carbocycles. The third-order valence-electron chi connectivity index (χ3n) is 2.46. The summed E-state index contributed by atoms with van der Waals surface area (Å²) in [5.41, 5.74) is 1.18. The Bertz CT molecular complexity index is 508. The lowest BCUT2D eigenvalue weighted by atomic mass is 10.0. The van der Waals surface area contributed by atoms with Crippen molar-refractivity contribution >= 4 is 11.9 Å². The molecule has 1 amide bonds. The molecule has 6 heteroatoms. The number of nitrogens with zero attached hydrogens (tertiary/aromatic N) is 1. The molecular weight excluding hydrogens is 248 g/mol. The van der Waals surface area contributed by atoms with Crippen molar-refractivity contribution in [1.29, 1.82) is 5.26 Å². The van der Waals surface area contributed by atoms with E-state index in [1.807, 2.05) is 6.07 Å². The van der Waals surface area contributed by atoms with Crippen LogP contribution in [0.1, 0.15) is 11.1 Å². The van der Waals surface area contributed by atoms with E-state index in [0.29, 0.717) is 11.1 Å². The molecule has 0 aromatic heterocycles. The van der Waals surface area contributed by atoms with Crippen LogP contribution in [-0.4, -0.2) is 36.7 Å². The highest BCUT2D eigenvalue weighted by Gasteiger charge is 2.21. The molecule has 1 aromatic rings. The molecule has 19 heavy (non-hydrogen) atoms. The summed E-state index contributed by atoms with van der Waals surface area (Å²) in [7, 11) is 1.21. The van der Waals surface area contributed by atoms with Gasteiger partial charge in [0.15, 0.2) is 0 Å². The van der Waals surface area contributed by atoms with Gasteiger partial charge in [0.05, 0.1) is 18.7 Å². The molecule has 0 saturated heterocycles. The average molecular weight is 262 g/mol. The highest BCUT2D eigenvalue weighted by atomic mass is 16.5. The summed E-state index contributed by atoms with van der Waals surface area (Å²) < 4.78 is 4.59. The second-order valence-electron chi connectivity index (χ2n) is 3.82. The number of aliphatic hydroxyl groups is 1. The number of hydrogen-bond donors (Lipinski definition) is 2. The number of nitriles is 1. The van der Waals surface area contributed by atoms with Gasteiger partial charge in [-0.3, -0.25) is 4.79 Å². The third kappa shape index (κ3) is 4.41. The summed E-state index contributed by atoms with van der Waals surface area (Å²) >= 11 is 0. The summed E-state index contributed by atoms with van der Waals surface area (Å²) in [4.78, 5) is 22.7. The van der Waals surface area contributed by atoms with Crippen LogP contribution in [0.25, 0.3) is 0 Å². The lowest BCUT2D eigenvalue weighted by Crippen LogP contribution is -2.44. The predicted octanol–water partition coefficient (Wildman–Crippen LogP) is -0.249. The standard InChI is InChI=1S/C13H14N2O4/c1-19-13(18)11(15-12(17)8-16)6-9-3-2-4-10(5-9)7-14/h2-5,11,16H,6,8H2,1H3,(H,15,17)/t11-/m0/s1. The van der Waals surface area contributed by atoms with Gasteiger partial charge in [-0.1, -0.05) is 12.1 Å². The molecule has 1 atom stereocenters. The molecular formula is C13H14N2O4. The van der Waals surface area contributed by atoms with Gasteiger partial charge in [-0.15, -0.1) is 0 Å². The lowest BCUT2D eigenvalue weighted by Gasteiger charge is -2.16. The molecule has 0 saturated carbocycles. The van der Waals surface area contributed by atoms with Crippen molar-refractivity contribution in [3.63, 3.8) is 0 Å². The fourth-order valence-electron chi connectivity index (χ4n) is 1.58. The van der Waals surface area contributed by atoms with E-state index in [1.54, 1.807) is 24.3 Å². The Morgan fingerprint density at radius 1 is 1.53 bits per heavy atom. The summed E-state index contributed by atoms with van der Waals surface area (Å²) in [6.45, 7) is -0.703. The molecule has 0 radical (unpaired) electrons. The maximum Gasteiger partial charge on any atom is 0.328 e. The van der Waals surface area contributed by atoms with E-state index in [9.17, 15) is 9.59 Å². The van der Waals surface area contributed by atoms with E-state index in [-0.39, 0.29) is 6.42 Å². The minimum absolute atomic E-state index is 0.188. The number of carbonyl (C=O) groups excluding carboxylic acids is 2. The Kier molecular flexibility index (Phi) is 5.51. The van der Waals surface area contributed by atoms with Crippen LogP contribution in [0.2, 0.25) is 0 Å². The van der Waals surface area contributed by atoms with Crippen LogP contribution in [0.4, 0.5) is 0 Å². The number of rotatable bonds is 5. The molecule has 1 rings (SSSR count). The first-order valence-electron chi connectivity index (χ1n) is 5.57. The van der Waals surface area contributed by atoms with Gasteiger partial charge in [-0.25, -0.2) is 4.79 Å². The number of esters is 1. The van der Waals surface area contributed by atoms with Crippen molar-refractivity contribution < 1.29 is 19.4 Å². The monoisotopic (exact) mass is 262 g/mol. The van der Waals surface area contributed by atoms with Crippen molar-refractivity contribution in [1.82, 2.24) is 5.32 Å². The number of benzene rings is 1. The average Bonchev–Trinajstić information content (AvgIpc) is 2.45. The van der Waals surface area contributed by atoms with Crippen molar-refractivity contribution in [2.24, 2.45) is 0 Å². The number of methoxy groups -OCH3 is 1. The maximum absolute atomic E-state index is 11.5. The molecule has 0 bridgehead atoms. The summed E-state index contributed by atoms with van der Waals surface area (Å²) in [6.07, 6.45) is 0.188. The second-order valence-corrected chi connectivity index (χ2v) is 3.82. The zero-order valence-electron chi connectivity index (χ0n) is 10.4. The number of aliphatic hydroxyl groups excluding tert-OH is 1. The minimum atomic E-state index is -0.890. The Morgan fingerprint density at radius 3 is 2.84 bits per heavy atom. The normalized spacial score (nSPS) is 11.2. The number of carbonyl (C=O) groups is 2. The van der Waals surface area contributed by atoms with Crippen LogP contribution < -0.4 is 5.32 Å². The Labute approximate surface area is 110 Å². The third-order valence-corrected chi connectivity index (χ3v) is 2.46. The van der Waals surface area contributed by atoms with E-state index in [1.165, 1.54) is 7.11 Å². The fraction of sp³-hybridized carbons (Fsp3) is 0.308. The quantitative estimate of drug-likeness (QED) is 0.713. The molecule has 0 heterocycles. The molecule has 6 nitrogen and oxygen atoms in total. The van der Waals surface area contributed by atoms with E-state index in [0.717, 1.165) is 0 Å². The topological polar surface area (TPSA) is 99.4 Å². The molecule has 0 aliphatic rings. The van der Waals surface area contributed by atoms with Crippen LogP contribution in [-0.2, 0) is 20.7 Å². The molecule has 0 unspecified atom stereocenters. The Hall–Kier alpha value is -2.39. The zero-order valence-corrected chi connectivity index (χ0v) is 10.4. The number of amides is 1. The number of hydrogen-bond acceptors (Lipinski definition) is 5. The first-order chi connectivity index (χ1) is 9.10. The summed E-state index contributed by atoms with van der Waals surface area (Å²) in [5.74, 6) is -1.27. The Balaban J connectivity index is 2.84. The van der Waals surface area contributed by atoms with Crippen molar-refractivity contribution in [2.75, 3.05) is 13.7 Å². The summed E-state index contributed by atoms with van der Waals surface area (Å²) in [5, 5.41) is 19.8. The lowest BCUT2D eigenvalue weighted by molar-refractivity contribution is -0.145. The first-order valence-corrected chi connectivity index (χ1v) is 5.57. The van der Waals surface area contributed by atoms with Crippen molar-refractivity contribution in [2.45, 2.75) is 12.5 Å². The predicted molar refractivity (Wildman–Crippen MR) is 65.9 cm³/mol. The molecule has 100 valence electrons. The molecule has 0 fully saturated rings. The van der Waals surface area contributed by atoms with Gasteiger partial charge in [0.25, 0.3) is 0 Å². The first kappa shape index (κ1) is 14.7. The van der Waals surface area contributed by atoms with Crippen LogP contribution in [0, 0.1) is 11.3 Å². The van der Waals surface area contributed by atoms with E-state index >= 15 is 0 Å². The molecule has 0 aliphatic heterocycles. The zero-order chi connectivity index (χ0) is 14.3. The van der Waals surface area contributed by atoms with Crippen LogP contribution in [0.15, 0.2) is 24.3 Å². The highest BCUT2D eigenvalue weighted by Crippen LogP contribution is 2.08. The largest absolute Gasteiger partial charge is 0.467 e. The van der Waals surface area contributed by atoms with Crippen molar-refractivity contribution in [3.8, 4) is 6.07 Å².